The van der Waals surface area contributed by atoms with Gasteiger partial charge in [0.25, 0.3) is 0 Å². The molecule has 1 atom stereocenters. The molecule has 0 heterocycles. The molecule has 0 unspecified atom stereocenters. The van der Waals surface area contributed by atoms with Gasteiger partial charge in [-0.2, -0.15) is 0 Å². The maximum absolute atomic E-state index is 11.4. The molecular weight excluding hydrogens is 242 g/mol. The predicted octanol–water partition coefficient (Wildman–Crippen LogP) is 2.70. The molecule has 2 N–H and O–H groups in total. The highest BCUT2D eigenvalue weighted by Gasteiger charge is 2.12. The van der Waals surface area contributed by atoms with Crippen molar-refractivity contribution in [2.45, 2.75) is 24.8 Å². The van der Waals surface area contributed by atoms with Gasteiger partial charge >= 0.3 is 5.97 Å². The highest BCUT2D eigenvalue weighted by molar-refractivity contribution is 8.76. The topological polar surface area (TPSA) is 52.3 Å². The molecule has 0 aliphatic carbocycles. The molecule has 0 spiro atoms. The summed E-state index contributed by atoms with van der Waals surface area (Å²) in [4.78, 5) is 12.3. The third kappa shape index (κ3) is 4.08. The molecular formula is C11H15NO2S2. The summed E-state index contributed by atoms with van der Waals surface area (Å²) in [6.07, 6.45) is 0. The van der Waals surface area contributed by atoms with Crippen LogP contribution in [0.2, 0.25) is 0 Å². The monoisotopic (exact) mass is 257 g/mol. The Morgan fingerprint density at radius 1 is 1.50 bits per heavy atom. The summed E-state index contributed by atoms with van der Waals surface area (Å²) >= 11 is 0. The van der Waals surface area contributed by atoms with Crippen molar-refractivity contribution in [1.29, 1.82) is 0 Å². The second-order valence-electron chi connectivity index (χ2n) is 3.15. The smallest absolute Gasteiger partial charge is 0.328 e. The van der Waals surface area contributed by atoms with Crippen molar-refractivity contribution in [1.82, 2.24) is 0 Å². The zero-order valence-corrected chi connectivity index (χ0v) is 10.9. The lowest BCUT2D eigenvalue weighted by Crippen LogP contribution is -2.30. The fourth-order valence-electron chi connectivity index (χ4n) is 0.927. The first kappa shape index (κ1) is 13.4. The van der Waals surface area contributed by atoms with Gasteiger partial charge in [0.15, 0.2) is 0 Å². The van der Waals surface area contributed by atoms with Gasteiger partial charge in [0, 0.05) is 5.75 Å². The van der Waals surface area contributed by atoms with Gasteiger partial charge < -0.3 is 10.5 Å². The first-order chi connectivity index (χ1) is 7.65. The lowest BCUT2D eigenvalue weighted by Gasteiger charge is -2.10. The number of ether oxygens (including phenoxy) is 1. The fourth-order valence-corrected chi connectivity index (χ4v) is 2.65. The summed E-state index contributed by atoms with van der Waals surface area (Å²) in [6, 6.07) is 6.86. The molecule has 0 aliphatic rings. The highest BCUT2D eigenvalue weighted by atomic mass is 33.1. The van der Waals surface area contributed by atoms with Crippen molar-refractivity contribution < 1.29 is 9.53 Å². The van der Waals surface area contributed by atoms with Crippen LogP contribution < -0.4 is 10.5 Å². The van der Waals surface area contributed by atoms with Crippen LogP contribution in [-0.4, -0.2) is 17.8 Å². The van der Waals surface area contributed by atoms with E-state index in [2.05, 4.69) is 6.92 Å². The minimum absolute atomic E-state index is 0.408. The molecule has 0 aliphatic heterocycles. The lowest BCUT2D eigenvalue weighted by molar-refractivity contribution is -0.135. The van der Waals surface area contributed by atoms with E-state index in [0.717, 1.165) is 10.6 Å². The Balaban J connectivity index is 2.74. The van der Waals surface area contributed by atoms with Crippen LogP contribution in [0, 0.1) is 0 Å². The molecule has 5 heteroatoms. The molecule has 0 amide bonds. The van der Waals surface area contributed by atoms with Gasteiger partial charge in [0.2, 0.25) is 0 Å². The third-order valence-electron chi connectivity index (χ3n) is 1.70. The Morgan fingerprint density at radius 3 is 2.81 bits per heavy atom. The van der Waals surface area contributed by atoms with Crippen LogP contribution in [0.1, 0.15) is 13.8 Å². The Bertz CT molecular complexity index is 356. The van der Waals surface area contributed by atoms with E-state index in [-0.39, 0.29) is 0 Å². The molecule has 0 saturated carbocycles. The van der Waals surface area contributed by atoms with E-state index < -0.39 is 12.0 Å². The number of carbonyl (C=O) groups excluding carboxylic acids is 1. The van der Waals surface area contributed by atoms with Crippen LogP contribution in [0.5, 0.6) is 5.75 Å². The molecule has 0 bridgehead atoms. The molecule has 1 aromatic carbocycles. The van der Waals surface area contributed by atoms with Crippen LogP contribution in [0.15, 0.2) is 29.2 Å². The zero-order chi connectivity index (χ0) is 12.0. The van der Waals surface area contributed by atoms with Crippen LogP contribution in [0.25, 0.3) is 0 Å². The van der Waals surface area contributed by atoms with Gasteiger partial charge in [-0.3, -0.25) is 0 Å². The third-order valence-corrected chi connectivity index (χ3v) is 4.17. The van der Waals surface area contributed by atoms with Crippen molar-refractivity contribution in [3.63, 3.8) is 0 Å². The van der Waals surface area contributed by atoms with Crippen molar-refractivity contribution >= 4 is 27.6 Å². The molecule has 3 nitrogen and oxygen atoms in total. The number of para-hydroxylation sites is 1. The summed E-state index contributed by atoms with van der Waals surface area (Å²) in [5.41, 5.74) is 5.45. The van der Waals surface area contributed by atoms with Crippen LogP contribution in [0.3, 0.4) is 0 Å². The van der Waals surface area contributed by atoms with E-state index >= 15 is 0 Å². The number of benzene rings is 1. The van der Waals surface area contributed by atoms with Gasteiger partial charge in [-0.05, 0) is 19.1 Å². The summed E-state index contributed by atoms with van der Waals surface area (Å²) in [6.45, 7) is 3.69. The number of carbonyl (C=O) groups is 1. The second-order valence-corrected chi connectivity index (χ2v) is 5.77. The van der Waals surface area contributed by atoms with Crippen molar-refractivity contribution in [3.05, 3.63) is 24.3 Å². The van der Waals surface area contributed by atoms with Crippen molar-refractivity contribution in [2.75, 3.05) is 5.75 Å². The van der Waals surface area contributed by atoms with E-state index in [0.29, 0.717) is 5.75 Å². The maximum Gasteiger partial charge on any atom is 0.328 e. The van der Waals surface area contributed by atoms with E-state index in [1.54, 1.807) is 34.6 Å². The van der Waals surface area contributed by atoms with Gasteiger partial charge in [-0.15, -0.1) is 0 Å². The van der Waals surface area contributed by atoms with E-state index in [1.807, 2.05) is 18.2 Å². The molecule has 88 valence electrons. The summed E-state index contributed by atoms with van der Waals surface area (Å²) in [5, 5.41) is 0. The number of hydrogen-bond acceptors (Lipinski definition) is 5. The molecule has 1 rings (SSSR count). The number of nitrogens with two attached hydrogens (primary N) is 1. The average molecular weight is 257 g/mol. The van der Waals surface area contributed by atoms with E-state index in [4.69, 9.17) is 10.5 Å². The van der Waals surface area contributed by atoms with Gasteiger partial charge in [0.1, 0.15) is 11.8 Å². The fraction of sp³-hybridized carbons (Fsp3) is 0.364. The second kappa shape index (κ2) is 6.83. The molecule has 0 radical (unpaired) electrons. The summed E-state index contributed by atoms with van der Waals surface area (Å²) in [5.74, 6) is 1.17. The maximum atomic E-state index is 11.4. The Hall–Kier alpha value is -0.650. The molecule has 16 heavy (non-hydrogen) atoms. The van der Waals surface area contributed by atoms with Crippen LogP contribution in [0.4, 0.5) is 0 Å². The molecule has 0 fully saturated rings. The van der Waals surface area contributed by atoms with Gasteiger partial charge in [-0.25, -0.2) is 4.79 Å². The molecule has 1 aromatic rings. The predicted molar refractivity (Wildman–Crippen MR) is 69.7 cm³/mol. The van der Waals surface area contributed by atoms with Gasteiger partial charge in [0.05, 0.1) is 4.90 Å². The minimum Gasteiger partial charge on any atom is -0.424 e. The number of esters is 1. The highest BCUT2D eigenvalue weighted by Crippen LogP contribution is 2.37. The molecule has 0 aromatic heterocycles. The Morgan fingerprint density at radius 2 is 2.19 bits per heavy atom. The van der Waals surface area contributed by atoms with Crippen molar-refractivity contribution in [2.24, 2.45) is 5.73 Å². The average Bonchev–Trinajstić information content (AvgIpc) is 2.27. The standard InChI is InChI=1S/C11H15NO2S2/c1-3-15-16-10-7-5-4-6-9(10)14-11(13)8(2)12/h4-8H,3,12H2,1-2H3/t8-/m0/s1. The summed E-state index contributed by atoms with van der Waals surface area (Å²) in [7, 11) is 3.30. The van der Waals surface area contributed by atoms with Gasteiger partial charge in [-0.1, -0.05) is 40.6 Å². The van der Waals surface area contributed by atoms with Crippen LogP contribution >= 0.6 is 21.6 Å². The first-order valence-corrected chi connectivity index (χ1v) is 7.32. The summed E-state index contributed by atoms with van der Waals surface area (Å²) < 4.78 is 5.21. The SMILES string of the molecule is CCSSc1ccccc1OC(=O)[C@H](C)N. The van der Waals surface area contributed by atoms with Crippen LogP contribution in [-0.2, 0) is 4.79 Å². The normalized spacial score (nSPS) is 12.2. The van der Waals surface area contributed by atoms with E-state index in [1.165, 1.54) is 0 Å². The number of rotatable bonds is 5. The minimum atomic E-state index is -0.600. The lowest BCUT2D eigenvalue weighted by atomic mass is 10.3. The Kier molecular flexibility index (Phi) is 5.73. The van der Waals surface area contributed by atoms with Crippen molar-refractivity contribution in [3.8, 4) is 5.75 Å². The Labute approximate surface area is 104 Å². The van der Waals surface area contributed by atoms with E-state index in [9.17, 15) is 4.79 Å². The quantitative estimate of drug-likeness (QED) is 0.499. The zero-order valence-electron chi connectivity index (χ0n) is 9.30. The largest absolute Gasteiger partial charge is 0.424 e. The first-order valence-electron chi connectivity index (χ1n) is 5.01. The number of hydrogen-bond donors (Lipinski definition) is 1. The molecule has 0 saturated heterocycles.